The molecule has 0 aliphatic carbocycles. The number of piperidine rings is 1. The highest BCUT2D eigenvalue weighted by Gasteiger charge is 2.26. The molecule has 0 unspecified atom stereocenters. The summed E-state index contributed by atoms with van der Waals surface area (Å²) in [7, 11) is 2.03. The zero-order valence-electron chi connectivity index (χ0n) is 13.9. The van der Waals surface area contributed by atoms with E-state index in [1.165, 1.54) is 12.1 Å². The molecule has 1 aromatic carbocycles. The lowest BCUT2D eigenvalue weighted by molar-refractivity contribution is 0.0713. The smallest absolute Gasteiger partial charge is 0.253 e. The van der Waals surface area contributed by atoms with Crippen molar-refractivity contribution in [3.8, 4) is 0 Å². The summed E-state index contributed by atoms with van der Waals surface area (Å²) in [5.41, 5.74) is 1.48. The second-order valence-electron chi connectivity index (χ2n) is 6.16. The third-order valence-electron chi connectivity index (χ3n) is 4.54. The third-order valence-corrected chi connectivity index (χ3v) is 4.54. The van der Waals surface area contributed by atoms with Crippen molar-refractivity contribution in [2.24, 2.45) is 0 Å². The number of rotatable bonds is 3. The molecule has 6 heteroatoms. The first-order valence-corrected chi connectivity index (χ1v) is 8.11. The number of halogens is 1. The first kappa shape index (κ1) is 16.4. The predicted octanol–water partition coefficient (Wildman–Crippen LogP) is 2.67. The third kappa shape index (κ3) is 3.53. The van der Waals surface area contributed by atoms with Crippen LogP contribution in [0.15, 0.2) is 36.7 Å². The van der Waals surface area contributed by atoms with Gasteiger partial charge in [-0.15, -0.1) is 0 Å². The van der Waals surface area contributed by atoms with Crippen molar-refractivity contribution in [1.82, 2.24) is 14.9 Å². The lowest BCUT2D eigenvalue weighted by atomic mass is 10.0. The van der Waals surface area contributed by atoms with E-state index in [1.54, 1.807) is 18.5 Å². The molecule has 0 radical (unpaired) electrons. The first-order valence-electron chi connectivity index (χ1n) is 8.11. The monoisotopic (exact) mass is 328 g/mol. The topological polar surface area (TPSA) is 49.3 Å². The van der Waals surface area contributed by atoms with E-state index in [0.29, 0.717) is 24.7 Å². The molecule has 1 aliphatic heterocycles. The van der Waals surface area contributed by atoms with Crippen molar-refractivity contribution in [2.45, 2.75) is 25.8 Å². The highest BCUT2D eigenvalue weighted by Crippen LogP contribution is 2.21. The highest BCUT2D eigenvalue weighted by atomic mass is 19.1. The molecule has 1 aliphatic rings. The number of aromatic nitrogens is 2. The van der Waals surface area contributed by atoms with Crippen molar-refractivity contribution in [1.29, 1.82) is 0 Å². The Kier molecular flexibility index (Phi) is 4.74. The average molecular weight is 328 g/mol. The van der Waals surface area contributed by atoms with Crippen molar-refractivity contribution >= 4 is 11.7 Å². The second kappa shape index (κ2) is 6.95. The van der Waals surface area contributed by atoms with E-state index in [4.69, 9.17) is 0 Å². The molecule has 2 heterocycles. The Balaban J connectivity index is 1.61. The molecule has 0 spiro atoms. The number of amides is 1. The van der Waals surface area contributed by atoms with Crippen LogP contribution in [0.2, 0.25) is 0 Å². The van der Waals surface area contributed by atoms with Gasteiger partial charge in [0.1, 0.15) is 18.0 Å². The number of hydrogen-bond acceptors (Lipinski definition) is 4. The zero-order chi connectivity index (χ0) is 17.1. The zero-order valence-corrected chi connectivity index (χ0v) is 13.9. The highest BCUT2D eigenvalue weighted by molar-refractivity contribution is 5.94. The Hall–Kier alpha value is -2.50. The Morgan fingerprint density at radius 3 is 2.50 bits per heavy atom. The summed E-state index contributed by atoms with van der Waals surface area (Å²) in [4.78, 5) is 24.9. The molecule has 24 heavy (non-hydrogen) atoms. The van der Waals surface area contributed by atoms with Gasteiger partial charge in [-0.05, 0) is 44.0 Å². The maximum absolute atomic E-state index is 13.0. The van der Waals surface area contributed by atoms with Crippen LogP contribution >= 0.6 is 0 Å². The Labute approximate surface area is 141 Å². The van der Waals surface area contributed by atoms with Crippen molar-refractivity contribution in [3.05, 3.63) is 53.7 Å². The molecule has 1 aromatic heterocycles. The van der Waals surface area contributed by atoms with Gasteiger partial charge in [0, 0.05) is 43.5 Å². The second-order valence-corrected chi connectivity index (χ2v) is 6.16. The van der Waals surface area contributed by atoms with Crippen LogP contribution in [0, 0.1) is 12.7 Å². The molecule has 0 bridgehead atoms. The molecule has 1 amide bonds. The maximum atomic E-state index is 13.0. The summed E-state index contributed by atoms with van der Waals surface area (Å²) in [5.74, 6) is 0.548. The van der Waals surface area contributed by atoms with Gasteiger partial charge in [0.25, 0.3) is 5.91 Å². The van der Waals surface area contributed by atoms with Crippen LogP contribution < -0.4 is 4.90 Å². The number of likely N-dealkylation sites (tertiary alicyclic amines) is 1. The number of hydrogen-bond donors (Lipinski definition) is 0. The van der Waals surface area contributed by atoms with Gasteiger partial charge in [-0.3, -0.25) is 4.79 Å². The van der Waals surface area contributed by atoms with Gasteiger partial charge < -0.3 is 9.80 Å². The van der Waals surface area contributed by atoms with Crippen LogP contribution in [0.3, 0.4) is 0 Å². The quantitative estimate of drug-likeness (QED) is 0.869. The Bertz CT molecular complexity index is 711. The van der Waals surface area contributed by atoms with E-state index in [-0.39, 0.29) is 11.7 Å². The van der Waals surface area contributed by atoms with Crippen LogP contribution in [-0.2, 0) is 0 Å². The van der Waals surface area contributed by atoms with Crippen molar-refractivity contribution < 1.29 is 9.18 Å². The molecule has 3 rings (SSSR count). The number of anilines is 1. The van der Waals surface area contributed by atoms with Gasteiger partial charge in [0.05, 0.1) is 0 Å². The molecule has 1 fully saturated rings. The summed E-state index contributed by atoms with van der Waals surface area (Å²) in [6.07, 6.45) is 3.34. The SMILES string of the molecule is Cc1cc(N(C)C2CCN(C(=O)c3ccc(F)cc3)CC2)ncn1. The van der Waals surface area contributed by atoms with Gasteiger partial charge >= 0.3 is 0 Å². The summed E-state index contributed by atoms with van der Waals surface area (Å²) >= 11 is 0. The van der Waals surface area contributed by atoms with Crippen LogP contribution in [0.1, 0.15) is 28.9 Å². The van der Waals surface area contributed by atoms with Crippen molar-refractivity contribution in [2.75, 3.05) is 25.0 Å². The van der Waals surface area contributed by atoms with Gasteiger partial charge in [-0.2, -0.15) is 0 Å². The maximum Gasteiger partial charge on any atom is 0.253 e. The number of nitrogens with zero attached hydrogens (tertiary/aromatic N) is 4. The minimum Gasteiger partial charge on any atom is -0.356 e. The average Bonchev–Trinajstić information content (AvgIpc) is 2.61. The number of aryl methyl sites for hydroxylation is 1. The summed E-state index contributed by atoms with van der Waals surface area (Å²) in [5, 5.41) is 0. The minimum atomic E-state index is -0.327. The summed E-state index contributed by atoms with van der Waals surface area (Å²) < 4.78 is 13.0. The van der Waals surface area contributed by atoms with Gasteiger partial charge in [0.2, 0.25) is 0 Å². The fourth-order valence-electron chi connectivity index (χ4n) is 3.05. The molecule has 0 N–H and O–H groups in total. The standard InChI is InChI=1S/C18H21FN4O/c1-13-11-17(21-12-20-13)22(2)16-7-9-23(10-8-16)18(24)14-3-5-15(19)6-4-14/h3-6,11-12,16H,7-10H2,1-2H3. The largest absolute Gasteiger partial charge is 0.356 e. The van der Waals surface area contributed by atoms with E-state index < -0.39 is 0 Å². The van der Waals surface area contributed by atoms with Crippen LogP contribution in [0.4, 0.5) is 10.2 Å². The number of carbonyl (C=O) groups excluding carboxylic acids is 1. The normalized spacial score (nSPS) is 15.4. The van der Waals surface area contributed by atoms with Gasteiger partial charge in [-0.1, -0.05) is 0 Å². The van der Waals surface area contributed by atoms with E-state index in [2.05, 4.69) is 14.9 Å². The fraction of sp³-hybridized carbons (Fsp3) is 0.389. The first-order chi connectivity index (χ1) is 11.5. The Morgan fingerprint density at radius 1 is 1.21 bits per heavy atom. The van der Waals surface area contributed by atoms with E-state index in [0.717, 1.165) is 24.4 Å². The van der Waals surface area contributed by atoms with Crippen LogP contribution in [-0.4, -0.2) is 47.0 Å². The lowest BCUT2D eigenvalue weighted by Crippen LogP contribution is -2.45. The van der Waals surface area contributed by atoms with E-state index in [9.17, 15) is 9.18 Å². The number of carbonyl (C=O) groups is 1. The van der Waals surface area contributed by atoms with Crippen molar-refractivity contribution in [3.63, 3.8) is 0 Å². The molecular formula is C18H21FN4O. The molecule has 0 saturated carbocycles. The molecule has 5 nitrogen and oxygen atoms in total. The van der Waals surface area contributed by atoms with Gasteiger partial charge in [0.15, 0.2) is 0 Å². The Morgan fingerprint density at radius 2 is 1.88 bits per heavy atom. The summed E-state index contributed by atoms with van der Waals surface area (Å²) in [6, 6.07) is 8.04. The number of benzene rings is 1. The molecule has 2 aromatic rings. The van der Waals surface area contributed by atoms with E-state index >= 15 is 0 Å². The van der Waals surface area contributed by atoms with Gasteiger partial charge in [-0.25, -0.2) is 14.4 Å². The minimum absolute atomic E-state index is 0.0333. The predicted molar refractivity (Wildman–Crippen MR) is 90.5 cm³/mol. The van der Waals surface area contributed by atoms with Crippen LogP contribution in [0.5, 0.6) is 0 Å². The molecule has 0 atom stereocenters. The lowest BCUT2D eigenvalue weighted by Gasteiger charge is -2.37. The van der Waals surface area contributed by atoms with E-state index in [1.807, 2.05) is 24.9 Å². The summed E-state index contributed by atoms with van der Waals surface area (Å²) in [6.45, 7) is 3.33. The molecule has 1 saturated heterocycles. The molecule has 126 valence electrons. The molecular weight excluding hydrogens is 307 g/mol. The fourth-order valence-corrected chi connectivity index (χ4v) is 3.05. The van der Waals surface area contributed by atoms with Crippen LogP contribution in [0.25, 0.3) is 0 Å².